The molecule has 1 atom stereocenters. The lowest BCUT2D eigenvalue weighted by molar-refractivity contribution is -0.123. The van der Waals surface area contributed by atoms with E-state index in [-0.39, 0.29) is 23.6 Å². The van der Waals surface area contributed by atoms with Gasteiger partial charge in [0.1, 0.15) is 5.76 Å². The summed E-state index contributed by atoms with van der Waals surface area (Å²) in [6.45, 7) is 6.05. The Morgan fingerprint density at radius 3 is 2.78 bits per heavy atom. The van der Waals surface area contributed by atoms with Gasteiger partial charge in [-0.3, -0.25) is 9.69 Å². The number of rotatable bonds is 6. The Morgan fingerprint density at radius 1 is 1.48 bits per heavy atom. The maximum Gasteiger partial charge on any atom is 0.360 e. The summed E-state index contributed by atoms with van der Waals surface area (Å²) in [5.74, 6) is 0.331. The first-order chi connectivity index (χ1) is 11.0. The topological polar surface area (TPSA) is 84.7 Å². The summed E-state index contributed by atoms with van der Waals surface area (Å²) in [5.41, 5.74) is 0.264. The van der Waals surface area contributed by atoms with Crippen LogP contribution in [0.25, 0.3) is 0 Å². The zero-order chi connectivity index (χ0) is 16.8. The van der Waals surface area contributed by atoms with E-state index in [0.29, 0.717) is 12.3 Å². The minimum atomic E-state index is -0.468. The first-order valence-corrected chi connectivity index (χ1v) is 8.08. The molecule has 23 heavy (non-hydrogen) atoms. The summed E-state index contributed by atoms with van der Waals surface area (Å²) >= 11 is 0. The molecule has 1 aromatic heterocycles. The molecular weight excluding hydrogens is 298 g/mol. The van der Waals surface area contributed by atoms with Crippen LogP contribution in [0.4, 0.5) is 0 Å². The van der Waals surface area contributed by atoms with Crippen LogP contribution >= 0.6 is 0 Å². The Hall–Kier alpha value is -1.89. The van der Waals surface area contributed by atoms with Crippen LogP contribution < -0.4 is 5.32 Å². The van der Waals surface area contributed by atoms with Gasteiger partial charge in [-0.05, 0) is 39.3 Å². The van der Waals surface area contributed by atoms with Crippen molar-refractivity contribution in [3.05, 3.63) is 17.8 Å². The molecule has 0 saturated carbocycles. The van der Waals surface area contributed by atoms with Crippen LogP contribution in [0.2, 0.25) is 0 Å². The van der Waals surface area contributed by atoms with Crippen molar-refractivity contribution in [2.75, 3.05) is 26.7 Å². The predicted molar refractivity (Wildman–Crippen MR) is 84.2 cm³/mol. The van der Waals surface area contributed by atoms with Crippen molar-refractivity contribution in [3.63, 3.8) is 0 Å². The summed E-state index contributed by atoms with van der Waals surface area (Å²) in [7, 11) is 1.33. The van der Waals surface area contributed by atoms with Crippen molar-refractivity contribution in [2.24, 2.45) is 0 Å². The van der Waals surface area contributed by atoms with E-state index >= 15 is 0 Å². The van der Waals surface area contributed by atoms with E-state index in [1.165, 1.54) is 13.5 Å². The monoisotopic (exact) mass is 323 g/mol. The second-order valence-electron chi connectivity index (χ2n) is 5.98. The number of likely N-dealkylation sites (tertiary alicyclic amines) is 1. The SMILES string of the molecule is CCC(C)NC(=O)CN1CCC(c2ocnc2C(=O)OC)CC1. The van der Waals surface area contributed by atoms with Crippen LogP contribution in [0.5, 0.6) is 0 Å². The summed E-state index contributed by atoms with van der Waals surface area (Å²) in [4.78, 5) is 29.7. The molecule has 1 aromatic rings. The first-order valence-electron chi connectivity index (χ1n) is 8.08. The van der Waals surface area contributed by atoms with Crippen LogP contribution in [0.3, 0.4) is 0 Å². The zero-order valence-electron chi connectivity index (χ0n) is 14.0. The van der Waals surface area contributed by atoms with E-state index in [1.807, 2.05) is 13.8 Å². The average molecular weight is 323 g/mol. The number of hydrogen-bond acceptors (Lipinski definition) is 6. The highest BCUT2D eigenvalue weighted by Gasteiger charge is 2.29. The lowest BCUT2D eigenvalue weighted by Gasteiger charge is -2.30. The number of nitrogens with zero attached hydrogens (tertiary/aromatic N) is 2. The number of methoxy groups -OCH3 is 1. The van der Waals surface area contributed by atoms with Gasteiger partial charge in [0.25, 0.3) is 0 Å². The fraction of sp³-hybridized carbons (Fsp3) is 0.688. The van der Waals surface area contributed by atoms with Crippen molar-refractivity contribution in [3.8, 4) is 0 Å². The van der Waals surface area contributed by atoms with Crippen molar-refractivity contribution < 1.29 is 18.7 Å². The number of oxazole rings is 1. The second kappa shape index (κ2) is 8.10. The molecule has 2 rings (SSSR count). The highest BCUT2D eigenvalue weighted by molar-refractivity contribution is 5.88. The number of nitrogens with one attached hydrogen (secondary N) is 1. The molecule has 0 aromatic carbocycles. The summed E-state index contributed by atoms with van der Waals surface area (Å²) in [6, 6.07) is 0.205. The Labute approximate surface area is 136 Å². The van der Waals surface area contributed by atoms with Crippen LogP contribution in [0.15, 0.2) is 10.8 Å². The van der Waals surface area contributed by atoms with Crippen LogP contribution in [-0.2, 0) is 9.53 Å². The summed E-state index contributed by atoms with van der Waals surface area (Å²) in [6.07, 6.45) is 3.87. The van der Waals surface area contributed by atoms with Gasteiger partial charge in [0.15, 0.2) is 12.1 Å². The van der Waals surface area contributed by atoms with E-state index in [4.69, 9.17) is 9.15 Å². The maximum absolute atomic E-state index is 11.9. The molecule has 1 fully saturated rings. The molecule has 0 radical (unpaired) electrons. The second-order valence-corrected chi connectivity index (χ2v) is 5.98. The number of esters is 1. The quantitative estimate of drug-likeness (QED) is 0.800. The molecule has 0 spiro atoms. The van der Waals surface area contributed by atoms with Crippen molar-refractivity contribution in [1.82, 2.24) is 15.2 Å². The molecule has 7 heteroatoms. The van der Waals surface area contributed by atoms with Gasteiger partial charge in [0, 0.05) is 12.0 Å². The highest BCUT2D eigenvalue weighted by atomic mass is 16.5. The molecule has 0 bridgehead atoms. The number of hydrogen-bond donors (Lipinski definition) is 1. The number of amides is 1. The van der Waals surface area contributed by atoms with Gasteiger partial charge in [0.2, 0.25) is 5.91 Å². The molecule has 1 amide bonds. The smallest absolute Gasteiger partial charge is 0.360 e. The number of ether oxygens (including phenoxy) is 1. The molecule has 1 aliphatic rings. The molecular formula is C16H25N3O4. The minimum absolute atomic E-state index is 0.0627. The number of aromatic nitrogens is 1. The van der Waals surface area contributed by atoms with Crippen molar-refractivity contribution in [1.29, 1.82) is 0 Å². The van der Waals surface area contributed by atoms with E-state index in [9.17, 15) is 9.59 Å². The third kappa shape index (κ3) is 4.54. The third-order valence-corrected chi connectivity index (χ3v) is 4.32. The zero-order valence-corrected chi connectivity index (χ0v) is 14.0. The van der Waals surface area contributed by atoms with E-state index < -0.39 is 5.97 Å². The lowest BCUT2D eigenvalue weighted by atomic mass is 9.93. The van der Waals surface area contributed by atoms with Crippen LogP contribution in [0, 0.1) is 0 Å². The first kappa shape index (κ1) is 17.5. The van der Waals surface area contributed by atoms with Gasteiger partial charge in [-0.1, -0.05) is 6.92 Å². The molecule has 128 valence electrons. The fourth-order valence-corrected chi connectivity index (χ4v) is 2.77. The van der Waals surface area contributed by atoms with Gasteiger partial charge in [-0.15, -0.1) is 0 Å². The molecule has 1 unspecified atom stereocenters. The van der Waals surface area contributed by atoms with Crippen molar-refractivity contribution in [2.45, 2.75) is 45.1 Å². The van der Waals surface area contributed by atoms with E-state index in [2.05, 4.69) is 15.2 Å². The van der Waals surface area contributed by atoms with Crippen molar-refractivity contribution >= 4 is 11.9 Å². The summed E-state index contributed by atoms with van der Waals surface area (Å²) < 4.78 is 10.1. The van der Waals surface area contributed by atoms with Crippen LogP contribution in [-0.4, -0.2) is 54.5 Å². The number of piperidine rings is 1. The third-order valence-electron chi connectivity index (χ3n) is 4.32. The average Bonchev–Trinajstić information content (AvgIpc) is 3.04. The van der Waals surface area contributed by atoms with Gasteiger partial charge >= 0.3 is 5.97 Å². The largest absolute Gasteiger partial charge is 0.464 e. The lowest BCUT2D eigenvalue weighted by Crippen LogP contribution is -2.43. The number of carbonyl (C=O) groups excluding carboxylic acids is 2. The van der Waals surface area contributed by atoms with Gasteiger partial charge in [-0.25, -0.2) is 9.78 Å². The molecule has 0 aliphatic carbocycles. The van der Waals surface area contributed by atoms with Gasteiger partial charge in [0.05, 0.1) is 13.7 Å². The Morgan fingerprint density at radius 2 is 2.17 bits per heavy atom. The van der Waals surface area contributed by atoms with Gasteiger partial charge in [-0.2, -0.15) is 0 Å². The van der Waals surface area contributed by atoms with Gasteiger partial charge < -0.3 is 14.5 Å². The van der Waals surface area contributed by atoms with Crippen LogP contribution in [0.1, 0.15) is 55.3 Å². The summed E-state index contributed by atoms with van der Waals surface area (Å²) in [5, 5.41) is 2.98. The minimum Gasteiger partial charge on any atom is -0.464 e. The van der Waals surface area contributed by atoms with E-state index in [0.717, 1.165) is 32.4 Å². The fourth-order valence-electron chi connectivity index (χ4n) is 2.77. The number of carbonyl (C=O) groups is 2. The Balaban J connectivity index is 1.86. The molecule has 1 saturated heterocycles. The maximum atomic E-state index is 11.9. The highest BCUT2D eigenvalue weighted by Crippen LogP contribution is 2.30. The normalized spacial score (nSPS) is 17.7. The molecule has 7 nitrogen and oxygen atoms in total. The predicted octanol–water partition coefficient (Wildman–Crippen LogP) is 1.56. The Bertz CT molecular complexity index is 535. The standard InChI is InChI=1S/C16H25N3O4/c1-4-11(2)18-13(20)9-19-7-5-12(6-8-19)15-14(16(21)22-3)17-10-23-15/h10-12H,4-9H2,1-3H3,(H,18,20). The molecule has 2 heterocycles. The molecule has 1 aliphatic heterocycles. The molecule has 1 N–H and O–H groups in total. The van der Waals surface area contributed by atoms with E-state index in [1.54, 1.807) is 0 Å². The Kier molecular flexibility index (Phi) is 6.15.